The van der Waals surface area contributed by atoms with Crippen LogP contribution in [0.2, 0.25) is 10.0 Å². The van der Waals surface area contributed by atoms with Crippen molar-refractivity contribution >= 4 is 35.6 Å². The molecule has 1 atom stereocenters. The Balaban J connectivity index is 0.00000176. The van der Waals surface area contributed by atoms with Crippen LogP contribution in [0.3, 0.4) is 0 Å². The molecule has 0 unspecified atom stereocenters. The molecule has 120 valence electrons. The fraction of sp³-hybridized carbons (Fsp3) is 0.429. The van der Waals surface area contributed by atoms with Gasteiger partial charge in [0, 0.05) is 32.2 Å². The molecule has 0 radical (unpaired) electrons. The van der Waals surface area contributed by atoms with E-state index in [1.165, 1.54) is 0 Å². The Morgan fingerprint density at radius 3 is 2.95 bits per heavy atom. The number of rotatable bonds is 3. The maximum Gasteiger partial charge on any atom is 0.0971 e. The summed E-state index contributed by atoms with van der Waals surface area (Å²) >= 11 is 12.2. The van der Waals surface area contributed by atoms with Gasteiger partial charge in [0.05, 0.1) is 27.6 Å². The molecule has 0 saturated carbocycles. The number of piperazine rings is 1. The van der Waals surface area contributed by atoms with E-state index < -0.39 is 0 Å². The van der Waals surface area contributed by atoms with Gasteiger partial charge in [0.15, 0.2) is 0 Å². The number of benzene rings is 1. The normalized spacial score (nSPS) is 19.0. The highest BCUT2D eigenvalue weighted by Crippen LogP contribution is 2.27. The Labute approximate surface area is 146 Å². The van der Waals surface area contributed by atoms with Gasteiger partial charge in [0.1, 0.15) is 0 Å². The average molecular weight is 363 g/mol. The van der Waals surface area contributed by atoms with E-state index in [4.69, 9.17) is 23.2 Å². The number of hydrogen-bond donors (Lipinski definition) is 1. The fourth-order valence-corrected chi connectivity index (χ4v) is 2.92. The van der Waals surface area contributed by atoms with Crippen molar-refractivity contribution < 1.29 is 0 Å². The smallest absolute Gasteiger partial charge is 0.0971 e. The maximum atomic E-state index is 6.21. The molecule has 2 heterocycles. The molecule has 1 saturated heterocycles. The zero-order valence-electron chi connectivity index (χ0n) is 12.2. The predicted molar refractivity (Wildman–Crippen MR) is 91.4 cm³/mol. The molecule has 0 spiro atoms. The second-order valence-electron chi connectivity index (χ2n) is 5.32. The number of nitrogens with one attached hydrogen (secondary N) is 1. The Morgan fingerprint density at radius 2 is 2.18 bits per heavy atom. The summed E-state index contributed by atoms with van der Waals surface area (Å²) in [6.45, 7) is 6.04. The van der Waals surface area contributed by atoms with E-state index in [0.717, 1.165) is 37.6 Å². The third kappa shape index (κ3) is 3.91. The topological polar surface area (TPSA) is 46.0 Å². The van der Waals surface area contributed by atoms with Crippen molar-refractivity contribution in [3.05, 3.63) is 40.1 Å². The van der Waals surface area contributed by atoms with Crippen molar-refractivity contribution in [2.75, 3.05) is 19.6 Å². The van der Waals surface area contributed by atoms with Crippen LogP contribution in [0.1, 0.15) is 12.6 Å². The summed E-state index contributed by atoms with van der Waals surface area (Å²) in [5, 5.41) is 12.8. The number of hydrogen-bond acceptors (Lipinski definition) is 4. The third-order valence-electron chi connectivity index (χ3n) is 3.56. The lowest BCUT2D eigenvalue weighted by molar-refractivity contribution is 0.197. The highest BCUT2D eigenvalue weighted by atomic mass is 35.5. The van der Waals surface area contributed by atoms with Crippen molar-refractivity contribution in [3.8, 4) is 5.69 Å². The standard InChI is InChI=1S/C14H17Cl2N5.ClH/c1-10-7-20(6-5-17-10)8-11-9-21(19-18-11)13-4-2-3-12(15)14(13)16;/h2-4,9-10,17H,5-8H2,1H3;1H/t10-;/m1./s1. The van der Waals surface area contributed by atoms with Gasteiger partial charge in [-0.25, -0.2) is 4.68 Å². The molecule has 1 aliphatic rings. The number of halogens is 3. The lowest BCUT2D eigenvalue weighted by Crippen LogP contribution is -2.48. The summed E-state index contributed by atoms with van der Waals surface area (Å²) in [4.78, 5) is 2.37. The molecular formula is C14H18Cl3N5. The van der Waals surface area contributed by atoms with E-state index in [-0.39, 0.29) is 12.4 Å². The molecule has 1 aromatic carbocycles. The van der Waals surface area contributed by atoms with Crippen molar-refractivity contribution in [2.45, 2.75) is 19.5 Å². The first kappa shape index (κ1) is 17.5. The van der Waals surface area contributed by atoms with Crippen molar-refractivity contribution in [2.24, 2.45) is 0 Å². The lowest BCUT2D eigenvalue weighted by Gasteiger charge is -2.30. The first-order chi connectivity index (χ1) is 10.1. The molecule has 0 aliphatic carbocycles. The Morgan fingerprint density at radius 1 is 1.36 bits per heavy atom. The van der Waals surface area contributed by atoms with Gasteiger partial charge in [-0.1, -0.05) is 34.5 Å². The highest BCUT2D eigenvalue weighted by Gasteiger charge is 2.17. The Hall–Kier alpha value is -0.850. The summed E-state index contributed by atoms with van der Waals surface area (Å²) in [6.07, 6.45) is 1.91. The van der Waals surface area contributed by atoms with Gasteiger partial charge in [0.2, 0.25) is 0 Å². The van der Waals surface area contributed by atoms with Gasteiger partial charge >= 0.3 is 0 Å². The van der Waals surface area contributed by atoms with E-state index in [0.29, 0.717) is 16.1 Å². The second-order valence-corrected chi connectivity index (χ2v) is 6.10. The minimum absolute atomic E-state index is 0. The van der Waals surface area contributed by atoms with Crippen LogP contribution in [0.25, 0.3) is 5.69 Å². The molecule has 8 heteroatoms. The van der Waals surface area contributed by atoms with Crippen molar-refractivity contribution in [1.82, 2.24) is 25.2 Å². The van der Waals surface area contributed by atoms with E-state index in [9.17, 15) is 0 Å². The van der Waals surface area contributed by atoms with E-state index >= 15 is 0 Å². The van der Waals surface area contributed by atoms with Gasteiger partial charge in [-0.15, -0.1) is 17.5 Å². The molecule has 1 aliphatic heterocycles. The van der Waals surface area contributed by atoms with Crippen LogP contribution in [0.4, 0.5) is 0 Å². The van der Waals surface area contributed by atoms with Crippen LogP contribution in [-0.2, 0) is 6.54 Å². The van der Waals surface area contributed by atoms with Gasteiger partial charge < -0.3 is 5.32 Å². The van der Waals surface area contributed by atoms with Crippen molar-refractivity contribution in [3.63, 3.8) is 0 Å². The SMILES string of the molecule is C[C@@H]1CN(Cc2cn(-c3cccc(Cl)c3Cl)nn2)CCN1.Cl. The molecule has 2 aromatic rings. The minimum Gasteiger partial charge on any atom is -0.312 e. The molecule has 1 N–H and O–H groups in total. The van der Waals surface area contributed by atoms with Crippen LogP contribution in [-0.4, -0.2) is 45.6 Å². The lowest BCUT2D eigenvalue weighted by atomic mass is 10.2. The van der Waals surface area contributed by atoms with E-state index in [2.05, 4.69) is 27.5 Å². The van der Waals surface area contributed by atoms with E-state index in [1.807, 2.05) is 18.3 Å². The zero-order valence-corrected chi connectivity index (χ0v) is 14.5. The Bertz CT molecular complexity index is 631. The largest absolute Gasteiger partial charge is 0.312 e. The summed E-state index contributed by atoms with van der Waals surface area (Å²) in [5.74, 6) is 0. The molecule has 3 rings (SSSR count). The van der Waals surface area contributed by atoms with E-state index in [1.54, 1.807) is 10.7 Å². The van der Waals surface area contributed by atoms with Gasteiger partial charge in [-0.05, 0) is 19.1 Å². The third-order valence-corrected chi connectivity index (χ3v) is 4.37. The Kier molecular flexibility index (Phi) is 6.06. The predicted octanol–water partition coefficient (Wildman–Crippen LogP) is 2.79. The molecule has 0 bridgehead atoms. The van der Waals surface area contributed by atoms with Gasteiger partial charge in [-0.3, -0.25) is 4.90 Å². The monoisotopic (exact) mass is 361 g/mol. The van der Waals surface area contributed by atoms with Crippen LogP contribution < -0.4 is 5.32 Å². The molecule has 1 fully saturated rings. The highest BCUT2D eigenvalue weighted by molar-refractivity contribution is 6.43. The second kappa shape index (κ2) is 7.62. The number of nitrogens with zero attached hydrogens (tertiary/aromatic N) is 4. The summed E-state index contributed by atoms with van der Waals surface area (Å²) in [7, 11) is 0. The first-order valence-electron chi connectivity index (χ1n) is 6.95. The molecular weight excluding hydrogens is 345 g/mol. The first-order valence-corrected chi connectivity index (χ1v) is 7.70. The van der Waals surface area contributed by atoms with Crippen LogP contribution in [0.15, 0.2) is 24.4 Å². The summed E-state index contributed by atoms with van der Waals surface area (Å²) in [5.41, 5.74) is 1.68. The average Bonchev–Trinajstić information content (AvgIpc) is 2.90. The van der Waals surface area contributed by atoms with Gasteiger partial charge in [0.25, 0.3) is 0 Å². The fourth-order valence-electron chi connectivity index (χ4n) is 2.54. The maximum absolute atomic E-state index is 6.21. The van der Waals surface area contributed by atoms with Crippen LogP contribution in [0.5, 0.6) is 0 Å². The van der Waals surface area contributed by atoms with Crippen LogP contribution >= 0.6 is 35.6 Å². The summed E-state index contributed by atoms with van der Waals surface area (Å²) < 4.78 is 1.68. The van der Waals surface area contributed by atoms with Crippen LogP contribution in [0, 0.1) is 0 Å². The molecule has 0 amide bonds. The van der Waals surface area contributed by atoms with Gasteiger partial charge in [-0.2, -0.15) is 0 Å². The molecule has 5 nitrogen and oxygen atoms in total. The summed E-state index contributed by atoms with van der Waals surface area (Å²) in [6, 6.07) is 5.99. The molecule has 22 heavy (non-hydrogen) atoms. The van der Waals surface area contributed by atoms with Crippen molar-refractivity contribution in [1.29, 1.82) is 0 Å². The zero-order chi connectivity index (χ0) is 14.8. The quantitative estimate of drug-likeness (QED) is 0.912. The minimum atomic E-state index is 0. The molecule has 1 aromatic heterocycles. The number of aromatic nitrogens is 3.